The van der Waals surface area contributed by atoms with E-state index in [1.807, 2.05) is 0 Å². The molecule has 0 saturated carbocycles. The van der Waals surface area contributed by atoms with Crippen molar-refractivity contribution in [1.82, 2.24) is 14.3 Å². The molecule has 0 bridgehead atoms. The SMILES string of the molecule is Cc1cccc(-c2c(C(F)(F)F)ccn(-c3c[nH]n(C)c(=O)c3=O)c2=O)c1. The Bertz CT molecular complexity index is 1200. The van der Waals surface area contributed by atoms with E-state index in [9.17, 15) is 27.6 Å². The van der Waals surface area contributed by atoms with Crippen LogP contribution in [0.15, 0.2) is 57.1 Å². The van der Waals surface area contributed by atoms with Gasteiger partial charge < -0.3 is 5.10 Å². The molecule has 27 heavy (non-hydrogen) atoms. The third-order valence-corrected chi connectivity index (χ3v) is 4.09. The number of pyridine rings is 1. The molecule has 2 aromatic heterocycles. The van der Waals surface area contributed by atoms with Gasteiger partial charge in [0.05, 0.1) is 11.1 Å². The summed E-state index contributed by atoms with van der Waals surface area (Å²) in [6.07, 6.45) is -2.83. The first-order valence-electron chi connectivity index (χ1n) is 7.80. The van der Waals surface area contributed by atoms with Crippen molar-refractivity contribution in [2.45, 2.75) is 13.1 Å². The maximum Gasteiger partial charge on any atom is 0.417 e. The number of alkyl halides is 3. The Balaban J connectivity index is 2.40. The molecule has 140 valence electrons. The second kappa shape index (κ2) is 6.42. The minimum Gasteiger partial charge on any atom is -0.301 e. The summed E-state index contributed by atoms with van der Waals surface area (Å²) in [6.45, 7) is 1.68. The van der Waals surface area contributed by atoms with Crippen LogP contribution in [0, 0.1) is 6.92 Å². The summed E-state index contributed by atoms with van der Waals surface area (Å²) in [5, 5.41) is 2.47. The van der Waals surface area contributed by atoms with Gasteiger partial charge in [-0.25, -0.2) is 0 Å². The maximum atomic E-state index is 13.5. The van der Waals surface area contributed by atoms with Crippen molar-refractivity contribution < 1.29 is 13.2 Å². The highest BCUT2D eigenvalue weighted by molar-refractivity contribution is 5.68. The Hall–Kier alpha value is -3.36. The number of nitrogens with one attached hydrogen (secondary N) is 1. The van der Waals surface area contributed by atoms with Gasteiger partial charge in [-0.2, -0.15) is 13.2 Å². The van der Waals surface area contributed by atoms with E-state index < -0.39 is 33.9 Å². The van der Waals surface area contributed by atoms with Crippen LogP contribution >= 0.6 is 0 Å². The van der Waals surface area contributed by atoms with Gasteiger partial charge in [0.15, 0.2) is 0 Å². The lowest BCUT2D eigenvalue weighted by Crippen LogP contribution is -2.39. The molecule has 1 aromatic carbocycles. The zero-order valence-electron chi connectivity index (χ0n) is 14.3. The normalized spacial score (nSPS) is 11.6. The molecule has 0 aliphatic carbocycles. The molecular formula is C18H14F3N3O3. The van der Waals surface area contributed by atoms with Crippen LogP contribution in [0.1, 0.15) is 11.1 Å². The first kappa shape index (κ1) is 18.4. The molecule has 0 aliphatic heterocycles. The van der Waals surface area contributed by atoms with Gasteiger partial charge >= 0.3 is 11.7 Å². The molecule has 0 unspecified atom stereocenters. The number of halogens is 3. The second-order valence-electron chi connectivity index (χ2n) is 6.00. The fourth-order valence-electron chi connectivity index (χ4n) is 2.76. The standard InChI is InChI=1S/C18H14F3N3O3/c1-10-4-3-5-11(8-10)14-12(18(19,20)21)6-7-24(16(14)26)13-9-22-23(2)17(27)15(13)25/h3-9,22H,1-2H3. The van der Waals surface area contributed by atoms with Gasteiger partial charge in [-0.15, -0.1) is 0 Å². The largest absolute Gasteiger partial charge is 0.417 e. The number of rotatable bonds is 2. The van der Waals surface area contributed by atoms with Crippen molar-refractivity contribution in [3.63, 3.8) is 0 Å². The number of H-pyrrole nitrogens is 1. The molecule has 0 spiro atoms. The highest BCUT2D eigenvalue weighted by Crippen LogP contribution is 2.35. The summed E-state index contributed by atoms with van der Waals surface area (Å²) in [5.74, 6) is 0. The lowest BCUT2D eigenvalue weighted by atomic mass is 9.99. The highest BCUT2D eigenvalue weighted by atomic mass is 19.4. The first-order valence-corrected chi connectivity index (χ1v) is 7.80. The minimum absolute atomic E-state index is 0.0712. The van der Waals surface area contributed by atoms with Crippen LogP contribution in [0.4, 0.5) is 13.2 Å². The maximum absolute atomic E-state index is 13.5. The van der Waals surface area contributed by atoms with Crippen molar-refractivity contribution in [1.29, 1.82) is 0 Å². The van der Waals surface area contributed by atoms with Crippen LogP contribution in [0.3, 0.4) is 0 Å². The smallest absolute Gasteiger partial charge is 0.301 e. The van der Waals surface area contributed by atoms with E-state index >= 15 is 0 Å². The van der Waals surface area contributed by atoms with E-state index in [-0.39, 0.29) is 11.3 Å². The van der Waals surface area contributed by atoms with E-state index in [1.165, 1.54) is 25.2 Å². The summed E-state index contributed by atoms with van der Waals surface area (Å²) in [4.78, 5) is 36.9. The molecule has 6 nitrogen and oxygen atoms in total. The third-order valence-electron chi connectivity index (χ3n) is 4.09. The Labute approximate surface area is 150 Å². The number of aromatic amines is 1. The van der Waals surface area contributed by atoms with Crippen LogP contribution in [0.5, 0.6) is 0 Å². The number of aromatic nitrogens is 3. The summed E-state index contributed by atoms with van der Waals surface area (Å²) >= 11 is 0. The minimum atomic E-state index is -4.77. The molecule has 0 atom stereocenters. The number of hydrogen-bond donors (Lipinski definition) is 1. The van der Waals surface area contributed by atoms with Gasteiger partial charge in [-0.3, -0.25) is 23.6 Å². The van der Waals surface area contributed by atoms with Crippen molar-refractivity contribution >= 4 is 0 Å². The first-order chi connectivity index (χ1) is 12.6. The van der Waals surface area contributed by atoms with Gasteiger partial charge in [-0.1, -0.05) is 29.8 Å². The van der Waals surface area contributed by atoms with E-state index in [4.69, 9.17) is 0 Å². The Kier molecular flexibility index (Phi) is 4.38. The topological polar surface area (TPSA) is 76.9 Å². The zero-order valence-corrected chi connectivity index (χ0v) is 14.3. The number of nitrogens with zero attached hydrogens (tertiary/aromatic N) is 2. The summed E-state index contributed by atoms with van der Waals surface area (Å²) < 4.78 is 42.1. The zero-order chi connectivity index (χ0) is 19.9. The Morgan fingerprint density at radius 2 is 1.74 bits per heavy atom. The van der Waals surface area contributed by atoms with E-state index in [1.54, 1.807) is 13.0 Å². The number of hydrogen-bond acceptors (Lipinski definition) is 3. The Morgan fingerprint density at radius 1 is 1.04 bits per heavy atom. The summed E-state index contributed by atoms with van der Waals surface area (Å²) in [7, 11) is 1.31. The number of aryl methyl sites for hydroxylation is 2. The van der Waals surface area contributed by atoms with Gasteiger partial charge in [0.25, 0.3) is 11.0 Å². The molecule has 1 N–H and O–H groups in total. The van der Waals surface area contributed by atoms with Crippen LogP contribution in [0.2, 0.25) is 0 Å². The highest BCUT2D eigenvalue weighted by Gasteiger charge is 2.35. The van der Waals surface area contributed by atoms with Crippen molar-refractivity contribution in [2.75, 3.05) is 0 Å². The summed E-state index contributed by atoms with van der Waals surface area (Å²) in [5.41, 5.74) is -4.31. The molecule has 9 heteroatoms. The van der Waals surface area contributed by atoms with Gasteiger partial charge in [0, 0.05) is 19.4 Å². The van der Waals surface area contributed by atoms with Crippen molar-refractivity contribution in [3.8, 4) is 16.8 Å². The van der Waals surface area contributed by atoms with Crippen molar-refractivity contribution in [2.24, 2.45) is 7.05 Å². The number of benzene rings is 1. The van der Waals surface area contributed by atoms with Crippen LogP contribution in [-0.4, -0.2) is 14.3 Å². The van der Waals surface area contributed by atoms with E-state index in [0.717, 1.165) is 27.7 Å². The molecule has 0 fully saturated rings. The van der Waals surface area contributed by atoms with E-state index in [0.29, 0.717) is 5.56 Å². The fraction of sp³-hybridized carbons (Fsp3) is 0.167. The summed E-state index contributed by atoms with van der Waals surface area (Å²) in [6, 6.07) is 6.77. The second-order valence-corrected chi connectivity index (χ2v) is 6.00. The molecular weight excluding hydrogens is 363 g/mol. The van der Waals surface area contributed by atoms with Gasteiger partial charge in [-0.05, 0) is 18.6 Å². The van der Waals surface area contributed by atoms with Gasteiger partial charge in [0.1, 0.15) is 5.69 Å². The average Bonchev–Trinajstić information content (AvgIpc) is 2.59. The molecule has 0 radical (unpaired) electrons. The molecule has 2 heterocycles. The van der Waals surface area contributed by atoms with Gasteiger partial charge in [0.2, 0.25) is 0 Å². The van der Waals surface area contributed by atoms with Crippen LogP contribution in [-0.2, 0) is 13.2 Å². The molecule has 3 aromatic rings. The lowest BCUT2D eigenvalue weighted by Gasteiger charge is -2.15. The predicted molar refractivity (Wildman–Crippen MR) is 93.1 cm³/mol. The quantitative estimate of drug-likeness (QED) is 0.696. The van der Waals surface area contributed by atoms with E-state index in [2.05, 4.69) is 5.10 Å². The van der Waals surface area contributed by atoms with Crippen LogP contribution < -0.4 is 16.5 Å². The third kappa shape index (κ3) is 3.23. The lowest BCUT2D eigenvalue weighted by molar-refractivity contribution is -0.137. The predicted octanol–water partition coefficient (Wildman–Crippen LogP) is 2.22. The van der Waals surface area contributed by atoms with Crippen LogP contribution in [0.25, 0.3) is 16.8 Å². The molecule has 0 amide bonds. The Morgan fingerprint density at radius 3 is 2.37 bits per heavy atom. The molecule has 3 rings (SSSR count). The molecule has 0 aliphatic rings. The van der Waals surface area contributed by atoms with Crippen molar-refractivity contribution in [3.05, 3.63) is 84.8 Å². The molecule has 0 saturated heterocycles. The fourth-order valence-corrected chi connectivity index (χ4v) is 2.76. The monoisotopic (exact) mass is 377 g/mol. The average molecular weight is 377 g/mol.